The summed E-state index contributed by atoms with van der Waals surface area (Å²) >= 11 is 0. The van der Waals surface area contributed by atoms with Crippen molar-refractivity contribution in [3.05, 3.63) is 65.6 Å². The minimum atomic E-state index is -0.613. The lowest BCUT2D eigenvalue weighted by molar-refractivity contribution is 0.172. The summed E-state index contributed by atoms with van der Waals surface area (Å²) in [4.78, 5) is 10.6. The highest BCUT2D eigenvalue weighted by Crippen LogP contribution is 2.23. The fourth-order valence-corrected chi connectivity index (χ4v) is 3.08. The van der Waals surface area contributed by atoms with Gasteiger partial charge in [0.2, 0.25) is 5.95 Å². The summed E-state index contributed by atoms with van der Waals surface area (Å²) in [6.45, 7) is 2.13. The second-order valence-corrected chi connectivity index (χ2v) is 6.19. The van der Waals surface area contributed by atoms with E-state index in [2.05, 4.69) is 20.0 Å². The third-order valence-electron chi connectivity index (χ3n) is 4.38. The minimum absolute atomic E-state index is 0.461. The third kappa shape index (κ3) is 3.32. The van der Waals surface area contributed by atoms with Crippen LogP contribution in [0.1, 0.15) is 23.1 Å². The molecule has 0 fully saturated rings. The molecular formula is C18H20N6O. The van der Waals surface area contributed by atoms with Crippen LogP contribution in [0.25, 0.3) is 0 Å². The molecule has 4 rings (SSSR count). The van der Waals surface area contributed by atoms with Gasteiger partial charge in [-0.25, -0.2) is 4.98 Å². The van der Waals surface area contributed by atoms with E-state index in [9.17, 15) is 5.11 Å². The van der Waals surface area contributed by atoms with Crippen LogP contribution in [0.3, 0.4) is 0 Å². The van der Waals surface area contributed by atoms with Crippen LogP contribution in [-0.4, -0.2) is 31.4 Å². The van der Waals surface area contributed by atoms with Gasteiger partial charge in [-0.15, -0.1) is 0 Å². The molecule has 2 aromatic heterocycles. The van der Waals surface area contributed by atoms with Crippen molar-refractivity contribution in [2.75, 3.05) is 17.2 Å². The molecule has 0 spiro atoms. The van der Waals surface area contributed by atoms with Gasteiger partial charge >= 0.3 is 0 Å². The molecule has 1 aromatic carbocycles. The number of aliphatic hydroxyl groups excluding tert-OH is 1. The summed E-state index contributed by atoms with van der Waals surface area (Å²) in [6.07, 6.45) is 1.61. The fourth-order valence-electron chi connectivity index (χ4n) is 3.08. The molecule has 3 heterocycles. The maximum absolute atomic E-state index is 10.5. The van der Waals surface area contributed by atoms with E-state index in [1.54, 1.807) is 12.3 Å². The zero-order chi connectivity index (χ0) is 17.2. The summed E-state index contributed by atoms with van der Waals surface area (Å²) < 4.78 is 1.95. The first kappa shape index (κ1) is 15.6. The number of nitrogens with zero attached hydrogens (tertiary/aromatic N) is 5. The van der Waals surface area contributed by atoms with Gasteiger partial charge in [0, 0.05) is 19.2 Å². The standard InChI is InChI=1S/C18H20N6O/c19-17-6-7-20-18(21-17)23-8-9-24-14(12-23)11-15(22-24)16(25)10-13-4-2-1-3-5-13/h1-7,11,16,25H,8-10,12H2,(H2,19,20,21). The van der Waals surface area contributed by atoms with E-state index in [-0.39, 0.29) is 0 Å². The van der Waals surface area contributed by atoms with Gasteiger partial charge in [0.25, 0.3) is 0 Å². The molecule has 25 heavy (non-hydrogen) atoms. The Kier molecular flexibility index (Phi) is 4.07. The Morgan fingerprint density at radius 2 is 2.00 bits per heavy atom. The average molecular weight is 336 g/mol. The van der Waals surface area contributed by atoms with E-state index in [0.29, 0.717) is 30.4 Å². The molecule has 1 aliphatic rings. The van der Waals surface area contributed by atoms with Gasteiger partial charge in [0.15, 0.2) is 0 Å². The number of aliphatic hydroxyl groups is 1. The maximum atomic E-state index is 10.5. The average Bonchev–Trinajstić information content (AvgIpc) is 3.06. The van der Waals surface area contributed by atoms with Crippen LogP contribution < -0.4 is 10.6 Å². The van der Waals surface area contributed by atoms with Crippen LogP contribution in [0, 0.1) is 0 Å². The first-order chi connectivity index (χ1) is 12.2. The molecule has 0 aliphatic carbocycles. The van der Waals surface area contributed by atoms with Crippen molar-refractivity contribution >= 4 is 11.8 Å². The number of hydrogen-bond acceptors (Lipinski definition) is 6. The lowest BCUT2D eigenvalue weighted by atomic mass is 10.1. The van der Waals surface area contributed by atoms with Crippen LogP contribution >= 0.6 is 0 Å². The van der Waals surface area contributed by atoms with Gasteiger partial charge in [-0.2, -0.15) is 10.1 Å². The van der Waals surface area contributed by atoms with Crippen LogP contribution in [-0.2, 0) is 19.5 Å². The van der Waals surface area contributed by atoms with Crippen molar-refractivity contribution in [2.45, 2.75) is 25.6 Å². The summed E-state index contributed by atoms with van der Waals surface area (Å²) in [5.74, 6) is 1.09. The van der Waals surface area contributed by atoms with Crippen LogP contribution in [0.2, 0.25) is 0 Å². The molecule has 0 saturated carbocycles. The van der Waals surface area contributed by atoms with E-state index < -0.39 is 6.10 Å². The van der Waals surface area contributed by atoms with Crippen molar-refractivity contribution in [2.24, 2.45) is 0 Å². The molecule has 0 radical (unpaired) electrons. The highest BCUT2D eigenvalue weighted by atomic mass is 16.3. The molecule has 1 aliphatic heterocycles. The van der Waals surface area contributed by atoms with Gasteiger partial charge < -0.3 is 15.7 Å². The maximum Gasteiger partial charge on any atom is 0.227 e. The molecule has 3 N–H and O–H groups in total. The number of rotatable bonds is 4. The molecular weight excluding hydrogens is 316 g/mol. The molecule has 128 valence electrons. The monoisotopic (exact) mass is 336 g/mol. The number of nitrogens with two attached hydrogens (primary N) is 1. The first-order valence-electron chi connectivity index (χ1n) is 8.31. The Morgan fingerprint density at radius 1 is 1.16 bits per heavy atom. The van der Waals surface area contributed by atoms with Crippen LogP contribution in [0.4, 0.5) is 11.8 Å². The molecule has 7 nitrogen and oxygen atoms in total. The van der Waals surface area contributed by atoms with E-state index in [4.69, 9.17) is 5.73 Å². The molecule has 3 aromatic rings. The number of nitrogen functional groups attached to an aromatic ring is 1. The van der Waals surface area contributed by atoms with Crippen molar-refractivity contribution in [3.8, 4) is 0 Å². The Morgan fingerprint density at radius 3 is 2.80 bits per heavy atom. The summed E-state index contributed by atoms with van der Waals surface area (Å²) in [6, 6.07) is 13.6. The molecule has 0 saturated heterocycles. The van der Waals surface area contributed by atoms with E-state index in [1.165, 1.54) is 0 Å². The fraction of sp³-hybridized carbons (Fsp3) is 0.278. The summed E-state index contributed by atoms with van der Waals surface area (Å²) in [7, 11) is 0. The smallest absolute Gasteiger partial charge is 0.227 e. The van der Waals surface area contributed by atoms with Crippen molar-refractivity contribution in [3.63, 3.8) is 0 Å². The predicted molar refractivity (Wildman–Crippen MR) is 94.8 cm³/mol. The Labute approximate surface area is 145 Å². The predicted octanol–water partition coefficient (Wildman–Crippen LogP) is 1.55. The second-order valence-electron chi connectivity index (χ2n) is 6.19. The summed E-state index contributed by atoms with van der Waals surface area (Å²) in [5.41, 5.74) is 8.59. The van der Waals surface area contributed by atoms with Gasteiger partial charge in [-0.05, 0) is 17.7 Å². The molecule has 7 heteroatoms. The Balaban J connectivity index is 1.50. The van der Waals surface area contributed by atoms with Crippen molar-refractivity contribution in [1.82, 2.24) is 19.7 Å². The van der Waals surface area contributed by atoms with E-state index in [1.807, 2.05) is 41.1 Å². The number of hydrogen-bond donors (Lipinski definition) is 2. The van der Waals surface area contributed by atoms with E-state index >= 15 is 0 Å². The highest BCUT2D eigenvalue weighted by Gasteiger charge is 2.22. The minimum Gasteiger partial charge on any atom is -0.386 e. The van der Waals surface area contributed by atoms with Gasteiger partial charge in [-0.1, -0.05) is 30.3 Å². The lowest BCUT2D eigenvalue weighted by Gasteiger charge is -2.27. The topological polar surface area (TPSA) is 93.1 Å². The number of fused-ring (bicyclic) bond motifs is 1. The highest BCUT2D eigenvalue weighted by molar-refractivity contribution is 5.39. The van der Waals surface area contributed by atoms with Crippen molar-refractivity contribution in [1.29, 1.82) is 0 Å². The number of anilines is 2. The van der Waals surface area contributed by atoms with Gasteiger partial charge in [0.1, 0.15) is 11.9 Å². The molecule has 0 amide bonds. The lowest BCUT2D eigenvalue weighted by Crippen LogP contribution is -2.35. The number of benzene rings is 1. The zero-order valence-electron chi connectivity index (χ0n) is 13.8. The summed E-state index contributed by atoms with van der Waals surface area (Å²) in [5, 5.41) is 15.1. The van der Waals surface area contributed by atoms with Crippen LogP contribution in [0.5, 0.6) is 0 Å². The van der Waals surface area contributed by atoms with Gasteiger partial charge in [-0.3, -0.25) is 4.68 Å². The first-order valence-corrected chi connectivity index (χ1v) is 8.31. The molecule has 1 atom stereocenters. The van der Waals surface area contributed by atoms with Gasteiger partial charge in [0.05, 0.1) is 24.5 Å². The molecule has 0 bridgehead atoms. The van der Waals surface area contributed by atoms with Crippen LogP contribution in [0.15, 0.2) is 48.7 Å². The SMILES string of the molecule is Nc1ccnc(N2CCn3nc(C(O)Cc4ccccc4)cc3C2)n1. The quantitative estimate of drug-likeness (QED) is 0.751. The van der Waals surface area contributed by atoms with Crippen molar-refractivity contribution < 1.29 is 5.11 Å². The van der Waals surface area contributed by atoms with E-state index in [0.717, 1.165) is 24.3 Å². The number of aromatic nitrogens is 4. The zero-order valence-corrected chi connectivity index (χ0v) is 13.8. The molecule has 1 unspecified atom stereocenters. The Hall–Kier alpha value is -2.93. The normalized spacial score (nSPS) is 15.0. The largest absolute Gasteiger partial charge is 0.386 e. The Bertz CT molecular complexity index is 863. The second kappa shape index (κ2) is 6.52. The third-order valence-corrected chi connectivity index (χ3v) is 4.38.